The fourth-order valence-corrected chi connectivity index (χ4v) is 3.73. The maximum absolute atomic E-state index is 13.2. The molecule has 0 aliphatic heterocycles. The molecule has 1 N–H and O–H groups in total. The van der Waals surface area contributed by atoms with Crippen molar-refractivity contribution in [3.05, 3.63) is 74.9 Å². The van der Waals surface area contributed by atoms with E-state index in [2.05, 4.69) is 11.1 Å². The van der Waals surface area contributed by atoms with Crippen LogP contribution in [0.3, 0.4) is 0 Å². The van der Waals surface area contributed by atoms with E-state index in [0.29, 0.717) is 23.1 Å². The van der Waals surface area contributed by atoms with Gasteiger partial charge in [0.25, 0.3) is 0 Å². The van der Waals surface area contributed by atoms with Crippen molar-refractivity contribution in [3.63, 3.8) is 0 Å². The maximum atomic E-state index is 13.2. The quantitative estimate of drug-likeness (QED) is 0.287. The number of benzene rings is 2. The Morgan fingerprint density at radius 2 is 1.90 bits per heavy atom. The van der Waals surface area contributed by atoms with Gasteiger partial charge < -0.3 is 14.8 Å². The number of nitrogens with zero attached hydrogens (tertiary/aromatic N) is 2. The van der Waals surface area contributed by atoms with Crippen LogP contribution < -0.4 is 0 Å². The first-order valence-electron chi connectivity index (χ1n) is 10.3. The van der Waals surface area contributed by atoms with Crippen LogP contribution in [-0.2, 0) is 9.53 Å². The number of phenols is 1. The van der Waals surface area contributed by atoms with Crippen LogP contribution in [0, 0.1) is 32.1 Å². The first-order chi connectivity index (χ1) is 14.7. The fourth-order valence-electron chi connectivity index (χ4n) is 3.73. The van der Waals surface area contributed by atoms with Crippen molar-refractivity contribution in [2.45, 2.75) is 47.0 Å². The number of aliphatic imine (C=N–C) groups is 1. The lowest BCUT2D eigenvalue weighted by Gasteiger charge is -2.26. The minimum Gasteiger partial charge on any atom is -0.508 e. The highest BCUT2D eigenvalue weighted by atomic mass is 16.5. The van der Waals surface area contributed by atoms with Crippen LogP contribution >= 0.6 is 0 Å². The second-order valence-corrected chi connectivity index (χ2v) is 7.84. The van der Waals surface area contributed by atoms with Gasteiger partial charge in [-0.3, -0.25) is 0 Å². The van der Waals surface area contributed by atoms with E-state index in [4.69, 9.17) is 4.74 Å². The topological polar surface area (TPSA) is 82.7 Å². The second kappa shape index (κ2) is 10.6. The summed E-state index contributed by atoms with van der Waals surface area (Å²) in [6.45, 7) is 9.81. The number of hydrogen-bond donors (Lipinski definition) is 1. The molecular weight excluding hydrogens is 388 g/mol. The number of hydrogen-bond acceptors (Lipinski definition) is 5. The number of aryl methyl sites for hydroxylation is 2. The second-order valence-electron chi connectivity index (χ2n) is 7.84. The zero-order valence-electron chi connectivity index (χ0n) is 19.1. The third-order valence-electron chi connectivity index (χ3n) is 5.47. The van der Waals surface area contributed by atoms with Gasteiger partial charge >= 0.3 is 5.97 Å². The molecule has 0 bridgehead atoms. The predicted molar refractivity (Wildman–Crippen MR) is 124 cm³/mol. The molecule has 0 spiro atoms. The first-order valence-corrected chi connectivity index (χ1v) is 10.3. The van der Waals surface area contributed by atoms with Crippen LogP contribution in [0.25, 0.3) is 0 Å². The Bertz CT molecular complexity index is 1070. The minimum absolute atomic E-state index is 0.126. The summed E-state index contributed by atoms with van der Waals surface area (Å²) in [6, 6.07) is 11.1. The number of allylic oxidation sites excluding steroid dienone is 1. The van der Waals surface area contributed by atoms with Gasteiger partial charge in [-0.15, -0.1) is 0 Å². The summed E-state index contributed by atoms with van der Waals surface area (Å²) in [5.74, 6) is -0.815. The molecule has 0 radical (unpaired) electrons. The monoisotopic (exact) mass is 418 g/mol. The van der Waals surface area contributed by atoms with Crippen LogP contribution in [0.1, 0.15) is 59.6 Å². The lowest BCUT2D eigenvalue weighted by atomic mass is 9.78. The molecule has 0 saturated heterocycles. The number of ether oxygens (including phenoxy) is 1. The smallest absolute Gasteiger partial charge is 0.334 e. The number of carbonyl (C=O) groups is 1. The largest absolute Gasteiger partial charge is 0.508 e. The van der Waals surface area contributed by atoms with E-state index in [-0.39, 0.29) is 12.4 Å². The highest BCUT2D eigenvalue weighted by molar-refractivity contribution is 5.92. The number of esters is 1. The maximum Gasteiger partial charge on any atom is 0.334 e. The minimum atomic E-state index is -0.523. The highest BCUT2D eigenvalue weighted by Gasteiger charge is 2.31. The molecule has 1 atom stereocenters. The Balaban J connectivity index is 2.73. The third-order valence-corrected chi connectivity index (χ3v) is 5.47. The normalized spacial score (nSPS) is 11.8. The molecule has 2 aromatic rings. The van der Waals surface area contributed by atoms with E-state index < -0.39 is 11.9 Å². The van der Waals surface area contributed by atoms with Gasteiger partial charge in [0.05, 0.1) is 18.2 Å². The zero-order valence-corrected chi connectivity index (χ0v) is 19.1. The van der Waals surface area contributed by atoms with Gasteiger partial charge in [0.15, 0.2) is 0 Å². The summed E-state index contributed by atoms with van der Waals surface area (Å²) in [4.78, 5) is 17.1. The number of rotatable bonds is 7. The van der Waals surface area contributed by atoms with Crippen molar-refractivity contribution in [1.29, 1.82) is 5.26 Å². The first kappa shape index (κ1) is 23.9. The fraction of sp³-hybridized carbons (Fsp3) is 0.346. The van der Waals surface area contributed by atoms with Gasteiger partial charge in [0, 0.05) is 36.7 Å². The Hall–Kier alpha value is -3.39. The van der Waals surface area contributed by atoms with Crippen molar-refractivity contribution in [3.8, 4) is 11.8 Å². The average Bonchev–Trinajstić information content (AvgIpc) is 2.73. The highest BCUT2D eigenvalue weighted by Crippen LogP contribution is 2.42. The van der Waals surface area contributed by atoms with E-state index in [0.717, 1.165) is 27.8 Å². The molecule has 0 fully saturated rings. The van der Waals surface area contributed by atoms with E-state index in [1.54, 1.807) is 31.5 Å². The van der Waals surface area contributed by atoms with Crippen molar-refractivity contribution in [1.82, 2.24) is 0 Å². The summed E-state index contributed by atoms with van der Waals surface area (Å²) in [6.07, 6.45) is 2.24. The van der Waals surface area contributed by atoms with Crippen LogP contribution in [0.15, 0.2) is 46.5 Å². The lowest BCUT2D eigenvalue weighted by molar-refractivity contribution is -0.139. The molecule has 0 aliphatic rings. The average molecular weight is 419 g/mol. The lowest BCUT2D eigenvalue weighted by Crippen LogP contribution is -2.20. The van der Waals surface area contributed by atoms with E-state index in [1.807, 2.05) is 46.8 Å². The van der Waals surface area contributed by atoms with Gasteiger partial charge in [0.1, 0.15) is 5.75 Å². The van der Waals surface area contributed by atoms with Crippen molar-refractivity contribution in [2.24, 2.45) is 4.99 Å². The van der Waals surface area contributed by atoms with E-state index >= 15 is 0 Å². The molecule has 162 valence electrons. The Morgan fingerprint density at radius 1 is 1.19 bits per heavy atom. The van der Waals surface area contributed by atoms with E-state index in [1.165, 1.54) is 0 Å². The van der Waals surface area contributed by atoms with Crippen LogP contribution in [-0.4, -0.2) is 30.9 Å². The molecule has 5 nitrogen and oxygen atoms in total. The summed E-state index contributed by atoms with van der Waals surface area (Å²) in [5, 5.41) is 20.1. The predicted octanol–water partition coefficient (Wildman–Crippen LogP) is 5.29. The number of carbonyl (C=O) groups excluding carboxylic acids is 1. The molecule has 2 rings (SSSR count). The third kappa shape index (κ3) is 5.40. The summed E-state index contributed by atoms with van der Waals surface area (Å²) < 4.78 is 5.56. The number of phenolic OH excluding ortho intramolecular Hbond substituents is 1. The summed E-state index contributed by atoms with van der Waals surface area (Å²) in [5.41, 5.74) is 6.18. The molecule has 31 heavy (non-hydrogen) atoms. The Labute approximate surface area is 184 Å². The van der Waals surface area contributed by atoms with E-state index in [9.17, 15) is 15.2 Å². The summed E-state index contributed by atoms with van der Waals surface area (Å²) >= 11 is 0. The summed E-state index contributed by atoms with van der Waals surface area (Å²) in [7, 11) is 1.68. The van der Waals surface area contributed by atoms with Crippen molar-refractivity contribution in [2.75, 3.05) is 13.7 Å². The van der Waals surface area contributed by atoms with Gasteiger partial charge in [-0.1, -0.05) is 17.7 Å². The van der Waals surface area contributed by atoms with Gasteiger partial charge in [-0.05, 0) is 75.1 Å². The zero-order chi connectivity index (χ0) is 23.1. The van der Waals surface area contributed by atoms with Crippen LogP contribution in [0.4, 0.5) is 0 Å². The molecular formula is C26H30N2O3. The van der Waals surface area contributed by atoms with Crippen molar-refractivity contribution < 1.29 is 14.6 Å². The van der Waals surface area contributed by atoms with Gasteiger partial charge in [-0.2, -0.15) is 5.26 Å². The molecule has 0 heterocycles. The molecule has 2 aromatic carbocycles. The number of aromatic hydroxyl groups is 1. The van der Waals surface area contributed by atoms with Gasteiger partial charge in [0.2, 0.25) is 0 Å². The van der Waals surface area contributed by atoms with Crippen LogP contribution in [0.5, 0.6) is 5.75 Å². The molecule has 0 unspecified atom stereocenters. The molecule has 0 amide bonds. The van der Waals surface area contributed by atoms with Crippen LogP contribution in [0.2, 0.25) is 0 Å². The SMILES string of the molecule is CN=CCCOC(=O)C(=C(C)C)[C@@H](c1ccc(C#N)cc1C)c1c(O)ccc(C)c1C. The molecule has 0 saturated carbocycles. The Kier molecular flexibility index (Phi) is 8.15. The molecule has 0 aromatic heterocycles. The number of nitriles is 1. The standard InChI is InChI=1S/C26H30N2O3/c1-16(2)23(26(30)31-13-7-12-28-6)25(21-10-9-20(15-27)14-18(21)4)24-19(5)17(3)8-11-22(24)29/h8-12,14,25,29H,7,13H2,1-6H3/t25-/m1/s1. The molecule has 5 heteroatoms. The van der Waals surface area contributed by atoms with Crippen molar-refractivity contribution >= 4 is 12.2 Å². The molecule has 0 aliphatic carbocycles. The van der Waals surface area contributed by atoms with Gasteiger partial charge in [-0.25, -0.2) is 4.79 Å². The Morgan fingerprint density at radius 3 is 2.48 bits per heavy atom.